The summed E-state index contributed by atoms with van der Waals surface area (Å²) in [5.41, 5.74) is 6.68. The third-order valence-electron chi connectivity index (χ3n) is 2.36. The Kier molecular flexibility index (Phi) is 3.30. The van der Waals surface area contributed by atoms with Crippen molar-refractivity contribution in [3.8, 4) is 0 Å². The molecule has 96 valence electrons. The minimum Gasteiger partial charge on any atom is -0.325 e. The van der Waals surface area contributed by atoms with Gasteiger partial charge in [-0.1, -0.05) is 0 Å². The summed E-state index contributed by atoms with van der Waals surface area (Å²) >= 11 is 0. The summed E-state index contributed by atoms with van der Waals surface area (Å²) in [7, 11) is -3.69. The molecule has 0 unspecified atom stereocenters. The van der Waals surface area contributed by atoms with Gasteiger partial charge in [0.1, 0.15) is 4.90 Å². The number of H-pyrrole nitrogens is 1. The number of anilines is 1. The lowest BCUT2D eigenvalue weighted by Gasteiger charge is -2.08. The maximum Gasteiger partial charge on any atom is 0.265 e. The van der Waals surface area contributed by atoms with Crippen LogP contribution in [0, 0.1) is 6.92 Å². The standard InChI is InChI=1S/C10H13N5O2S/c1-7-10(9(6-11)14-13-7)18(16,17)15-8-2-4-12-5-3-8/h2-5H,6,11H2,1H3,(H,12,15)(H,13,14). The number of aryl methyl sites for hydroxylation is 1. The lowest BCUT2D eigenvalue weighted by atomic mass is 10.4. The van der Waals surface area contributed by atoms with Crippen LogP contribution in [0.5, 0.6) is 0 Å². The van der Waals surface area contributed by atoms with Crippen molar-refractivity contribution < 1.29 is 8.42 Å². The van der Waals surface area contributed by atoms with Gasteiger partial charge in [0.05, 0.1) is 17.1 Å². The van der Waals surface area contributed by atoms with Crippen molar-refractivity contribution in [3.63, 3.8) is 0 Å². The van der Waals surface area contributed by atoms with Crippen molar-refractivity contribution in [2.24, 2.45) is 5.73 Å². The Balaban J connectivity index is 2.40. The number of hydrogen-bond acceptors (Lipinski definition) is 5. The van der Waals surface area contributed by atoms with Gasteiger partial charge >= 0.3 is 0 Å². The second kappa shape index (κ2) is 4.75. The van der Waals surface area contributed by atoms with E-state index in [1.807, 2.05) is 0 Å². The molecule has 0 saturated carbocycles. The zero-order chi connectivity index (χ0) is 13.2. The van der Waals surface area contributed by atoms with Crippen LogP contribution in [0.3, 0.4) is 0 Å². The van der Waals surface area contributed by atoms with Gasteiger partial charge < -0.3 is 5.73 Å². The fourth-order valence-corrected chi connectivity index (χ4v) is 3.03. The van der Waals surface area contributed by atoms with Gasteiger partial charge in [-0.05, 0) is 19.1 Å². The summed E-state index contributed by atoms with van der Waals surface area (Å²) in [4.78, 5) is 3.91. The zero-order valence-electron chi connectivity index (χ0n) is 9.71. The van der Waals surface area contributed by atoms with Gasteiger partial charge in [0.25, 0.3) is 10.0 Å². The van der Waals surface area contributed by atoms with Crippen molar-refractivity contribution in [2.75, 3.05) is 4.72 Å². The summed E-state index contributed by atoms with van der Waals surface area (Å²) in [6.45, 7) is 1.68. The number of nitrogens with zero attached hydrogens (tertiary/aromatic N) is 2. The van der Waals surface area contributed by atoms with Crippen molar-refractivity contribution >= 4 is 15.7 Å². The first-order valence-electron chi connectivity index (χ1n) is 5.21. The van der Waals surface area contributed by atoms with E-state index in [1.165, 1.54) is 12.4 Å². The molecule has 0 aliphatic heterocycles. The molecule has 2 aromatic heterocycles. The van der Waals surface area contributed by atoms with E-state index in [2.05, 4.69) is 19.9 Å². The van der Waals surface area contributed by atoms with Gasteiger partial charge in [-0.2, -0.15) is 5.10 Å². The Bertz CT molecular complexity index is 636. The Morgan fingerprint density at radius 1 is 1.39 bits per heavy atom. The highest BCUT2D eigenvalue weighted by molar-refractivity contribution is 7.92. The normalized spacial score (nSPS) is 11.4. The van der Waals surface area contributed by atoms with Gasteiger partial charge in [0.15, 0.2) is 0 Å². The SMILES string of the molecule is Cc1[nH]nc(CN)c1S(=O)(=O)Nc1ccncc1. The number of nitrogens with one attached hydrogen (secondary N) is 2. The second-order valence-corrected chi connectivity index (χ2v) is 5.29. The average Bonchev–Trinajstić information content (AvgIpc) is 2.72. The number of rotatable bonds is 4. The van der Waals surface area contributed by atoms with Crippen LogP contribution in [0.25, 0.3) is 0 Å². The average molecular weight is 267 g/mol. The minimum atomic E-state index is -3.69. The number of aromatic nitrogens is 3. The molecule has 0 bridgehead atoms. The summed E-state index contributed by atoms with van der Waals surface area (Å²) in [6.07, 6.45) is 3.01. The van der Waals surface area contributed by atoms with Crippen molar-refractivity contribution in [1.82, 2.24) is 15.2 Å². The predicted molar refractivity (Wildman–Crippen MR) is 66.3 cm³/mol. The molecule has 0 amide bonds. The van der Waals surface area contributed by atoms with E-state index in [1.54, 1.807) is 19.1 Å². The molecule has 0 aliphatic rings. The first kappa shape index (κ1) is 12.5. The molecule has 0 radical (unpaired) electrons. The molecule has 18 heavy (non-hydrogen) atoms. The highest BCUT2D eigenvalue weighted by Gasteiger charge is 2.23. The van der Waals surface area contributed by atoms with E-state index in [9.17, 15) is 8.42 Å². The maximum atomic E-state index is 12.2. The fourth-order valence-electron chi connectivity index (χ4n) is 1.59. The Hall–Kier alpha value is -1.93. The molecule has 0 fully saturated rings. The number of nitrogens with two attached hydrogens (primary N) is 1. The summed E-state index contributed by atoms with van der Waals surface area (Å²) in [6, 6.07) is 3.13. The molecule has 0 atom stereocenters. The zero-order valence-corrected chi connectivity index (χ0v) is 10.5. The quantitative estimate of drug-likeness (QED) is 0.740. The molecule has 0 aromatic carbocycles. The van der Waals surface area contributed by atoms with Crippen LogP contribution in [0.4, 0.5) is 5.69 Å². The van der Waals surface area contributed by atoms with Crippen molar-refractivity contribution in [2.45, 2.75) is 18.4 Å². The summed E-state index contributed by atoms with van der Waals surface area (Å²) in [5, 5.41) is 6.48. The smallest absolute Gasteiger partial charge is 0.265 e. The molecular weight excluding hydrogens is 254 g/mol. The van der Waals surface area contributed by atoms with Gasteiger partial charge in [-0.15, -0.1) is 0 Å². The third-order valence-corrected chi connectivity index (χ3v) is 3.94. The fraction of sp³-hybridized carbons (Fsp3) is 0.200. The van der Waals surface area contributed by atoms with E-state index in [0.29, 0.717) is 17.1 Å². The van der Waals surface area contributed by atoms with E-state index >= 15 is 0 Å². The first-order valence-corrected chi connectivity index (χ1v) is 6.69. The van der Waals surface area contributed by atoms with Crippen LogP contribution in [-0.4, -0.2) is 23.6 Å². The Labute approximate surface area is 104 Å². The number of aromatic amines is 1. The van der Waals surface area contributed by atoms with Crippen molar-refractivity contribution in [3.05, 3.63) is 35.9 Å². The molecule has 2 rings (SSSR count). The molecule has 2 heterocycles. The highest BCUT2D eigenvalue weighted by atomic mass is 32.2. The van der Waals surface area contributed by atoms with E-state index < -0.39 is 10.0 Å². The largest absolute Gasteiger partial charge is 0.325 e. The van der Waals surface area contributed by atoms with Crippen LogP contribution >= 0.6 is 0 Å². The van der Waals surface area contributed by atoms with Crippen LogP contribution < -0.4 is 10.5 Å². The van der Waals surface area contributed by atoms with E-state index in [-0.39, 0.29) is 11.4 Å². The molecule has 0 saturated heterocycles. The Morgan fingerprint density at radius 2 is 2.06 bits per heavy atom. The Morgan fingerprint density at radius 3 is 2.67 bits per heavy atom. The molecule has 7 nitrogen and oxygen atoms in total. The van der Waals surface area contributed by atoms with Crippen LogP contribution in [-0.2, 0) is 16.6 Å². The second-order valence-electron chi connectivity index (χ2n) is 3.67. The number of pyridine rings is 1. The molecule has 0 aliphatic carbocycles. The van der Waals surface area contributed by atoms with Gasteiger partial charge in [0.2, 0.25) is 0 Å². The number of hydrogen-bond donors (Lipinski definition) is 3. The molecule has 8 heteroatoms. The molecule has 0 spiro atoms. The monoisotopic (exact) mass is 267 g/mol. The third kappa shape index (κ3) is 2.34. The van der Waals surface area contributed by atoms with Gasteiger partial charge in [-0.25, -0.2) is 8.42 Å². The van der Waals surface area contributed by atoms with Crippen LogP contribution in [0.15, 0.2) is 29.4 Å². The van der Waals surface area contributed by atoms with Gasteiger partial charge in [0, 0.05) is 18.9 Å². The molecule has 4 N–H and O–H groups in total. The summed E-state index contributed by atoms with van der Waals surface area (Å²) < 4.78 is 26.9. The lowest BCUT2D eigenvalue weighted by molar-refractivity contribution is 0.599. The molecular formula is C10H13N5O2S. The van der Waals surface area contributed by atoms with Crippen LogP contribution in [0.1, 0.15) is 11.4 Å². The first-order chi connectivity index (χ1) is 8.54. The highest BCUT2D eigenvalue weighted by Crippen LogP contribution is 2.20. The van der Waals surface area contributed by atoms with Crippen molar-refractivity contribution in [1.29, 1.82) is 0 Å². The van der Waals surface area contributed by atoms with E-state index in [0.717, 1.165) is 0 Å². The summed E-state index contributed by atoms with van der Waals surface area (Å²) in [5.74, 6) is 0. The molecule has 2 aromatic rings. The van der Waals surface area contributed by atoms with Gasteiger partial charge in [-0.3, -0.25) is 14.8 Å². The minimum absolute atomic E-state index is 0.0525. The lowest BCUT2D eigenvalue weighted by Crippen LogP contribution is -2.16. The topological polar surface area (TPSA) is 114 Å². The number of sulfonamides is 1. The maximum absolute atomic E-state index is 12.2. The van der Waals surface area contributed by atoms with Crippen LogP contribution in [0.2, 0.25) is 0 Å². The predicted octanol–water partition coefficient (Wildman–Crippen LogP) is 0.373. The van der Waals surface area contributed by atoms with E-state index in [4.69, 9.17) is 5.73 Å².